The Hall–Kier alpha value is -5.79. The summed E-state index contributed by atoms with van der Waals surface area (Å²) in [5.41, 5.74) is 2.03. The van der Waals surface area contributed by atoms with Crippen LogP contribution in [0.4, 0.5) is 5.69 Å². The molecule has 0 bridgehead atoms. The highest BCUT2D eigenvalue weighted by Gasteiger charge is 2.73. The zero-order valence-electron chi connectivity index (χ0n) is 27.2. The van der Waals surface area contributed by atoms with Gasteiger partial charge in [0.05, 0.1) is 12.5 Å². The number of fused-ring (bicyclic) bond motifs is 3. The lowest BCUT2D eigenvalue weighted by molar-refractivity contribution is -0.556. The number of anilines is 1. The molecule has 1 aliphatic heterocycles. The minimum Gasteiger partial charge on any atom is -0.460 e. The monoisotopic (exact) mass is 658 g/mol. The van der Waals surface area contributed by atoms with Gasteiger partial charge in [0.15, 0.2) is 5.60 Å². The van der Waals surface area contributed by atoms with Gasteiger partial charge < -0.3 is 14.4 Å². The van der Waals surface area contributed by atoms with E-state index in [0.29, 0.717) is 45.9 Å². The molecule has 246 valence electrons. The van der Waals surface area contributed by atoms with Crippen LogP contribution in [0.2, 0.25) is 0 Å². The Morgan fingerprint density at radius 3 is 2.00 bits per heavy atom. The average molecular weight is 659 g/mol. The first-order valence-electron chi connectivity index (χ1n) is 17.1. The summed E-state index contributed by atoms with van der Waals surface area (Å²) in [5.74, 6) is -0.629. The predicted octanol–water partition coefficient (Wildman–Crippen LogP) is 8.14. The van der Waals surface area contributed by atoms with Crippen LogP contribution in [0.5, 0.6) is 0 Å². The van der Waals surface area contributed by atoms with Crippen LogP contribution < -0.4 is 4.90 Å². The zero-order valence-corrected chi connectivity index (χ0v) is 27.2. The summed E-state index contributed by atoms with van der Waals surface area (Å²) in [5, 5.41) is 27.1. The van der Waals surface area contributed by atoms with Gasteiger partial charge in [-0.1, -0.05) is 140 Å². The highest BCUT2D eigenvalue weighted by Crippen LogP contribution is 2.67. The molecule has 1 N–H and O–H groups in total. The van der Waals surface area contributed by atoms with Crippen molar-refractivity contribution in [1.29, 1.82) is 0 Å². The molecule has 7 heteroatoms. The van der Waals surface area contributed by atoms with Gasteiger partial charge in [-0.3, -0.25) is 14.9 Å². The summed E-state index contributed by atoms with van der Waals surface area (Å²) >= 11 is 0. The van der Waals surface area contributed by atoms with Crippen molar-refractivity contribution in [2.75, 3.05) is 4.90 Å². The molecule has 6 aromatic rings. The van der Waals surface area contributed by atoms with E-state index in [-0.39, 0.29) is 29.7 Å². The molecule has 2 aliphatic carbocycles. The fourth-order valence-corrected chi connectivity index (χ4v) is 9.25. The molecule has 1 amide bonds. The second-order valence-corrected chi connectivity index (χ2v) is 13.7. The van der Waals surface area contributed by atoms with Gasteiger partial charge in [-0.2, -0.15) is 0 Å². The minimum atomic E-state index is -1.95. The molecule has 1 unspecified atom stereocenters. The van der Waals surface area contributed by atoms with Crippen LogP contribution in [0.3, 0.4) is 0 Å². The second kappa shape index (κ2) is 11.4. The van der Waals surface area contributed by atoms with Crippen LogP contribution in [0.15, 0.2) is 150 Å². The number of nitro groups is 1. The van der Waals surface area contributed by atoms with Gasteiger partial charge in [0.25, 0.3) is 6.04 Å². The molecule has 3 aliphatic rings. The van der Waals surface area contributed by atoms with Crippen molar-refractivity contribution in [3.05, 3.63) is 195 Å². The molecule has 0 saturated heterocycles. The van der Waals surface area contributed by atoms with Crippen LogP contribution in [0.1, 0.15) is 57.4 Å². The molecule has 7 nitrogen and oxygen atoms in total. The molecule has 5 atom stereocenters. The van der Waals surface area contributed by atoms with E-state index in [1.165, 1.54) is 0 Å². The molecular formula is C43H34N2O5. The van der Waals surface area contributed by atoms with E-state index in [1.807, 2.05) is 146 Å². The van der Waals surface area contributed by atoms with Crippen molar-refractivity contribution >= 4 is 11.6 Å². The van der Waals surface area contributed by atoms with Crippen molar-refractivity contribution in [1.82, 2.24) is 0 Å². The number of rotatable bonds is 6. The predicted molar refractivity (Wildman–Crippen MR) is 190 cm³/mol. The fraction of sp³-hybridized carbons (Fsp3) is 0.186. The molecular weight excluding hydrogens is 624 g/mol. The largest absolute Gasteiger partial charge is 0.460 e. The highest BCUT2D eigenvalue weighted by molar-refractivity contribution is 6.13. The number of amides is 1. The van der Waals surface area contributed by atoms with E-state index < -0.39 is 23.0 Å². The van der Waals surface area contributed by atoms with E-state index in [0.717, 1.165) is 16.7 Å². The highest BCUT2D eigenvalue weighted by atomic mass is 16.6. The van der Waals surface area contributed by atoms with Gasteiger partial charge >= 0.3 is 0 Å². The SMILES string of the molecule is O=C1N(Cc2ccccc2)c2ccccc2[C@@]12c1c(-c3ccccc3)oc3c1[C@@](O)(CC(c1ccccc1)C3)[C@H]([N+](=O)[O-])[C@H]2c1ccccc1. The smallest absolute Gasteiger partial charge is 0.254 e. The van der Waals surface area contributed by atoms with Crippen LogP contribution in [0.25, 0.3) is 11.3 Å². The normalized spacial score (nSPS) is 24.9. The molecule has 50 heavy (non-hydrogen) atoms. The van der Waals surface area contributed by atoms with Crippen LogP contribution >= 0.6 is 0 Å². The van der Waals surface area contributed by atoms with E-state index in [2.05, 4.69) is 0 Å². The lowest BCUT2D eigenvalue weighted by Gasteiger charge is -2.50. The summed E-state index contributed by atoms with van der Waals surface area (Å²) in [4.78, 5) is 31.1. The van der Waals surface area contributed by atoms with Crippen LogP contribution in [-0.2, 0) is 28.8 Å². The van der Waals surface area contributed by atoms with Crippen molar-refractivity contribution in [2.45, 2.75) is 48.3 Å². The number of hydrogen-bond donors (Lipinski definition) is 1. The number of carbonyl (C=O) groups excluding carboxylic acids is 1. The molecule has 2 heterocycles. The molecule has 0 saturated carbocycles. The third-order valence-corrected chi connectivity index (χ3v) is 11.1. The quantitative estimate of drug-likeness (QED) is 0.144. The molecule has 1 aromatic heterocycles. The topological polar surface area (TPSA) is 96.8 Å². The molecule has 1 spiro atoms. The maximum atomic E-state index is 15.8. The Balaban J connectivity index is 1.41. The van der Waals surface area contributed by atoms with E-state index in [4.69, 9.17) is 4.42 Å². The van der Waals surface area contributed by atoms with Gasteiger partial charge in [-0.25, -0.2) is 0 Å². The van der Waals surface area contributed by atoms with Crippen molar-refractivity contribution in [3.63, 3.8) is 0 Å². The summed E-state index contributed by atoms with van der Waals surface area (Å²) in [6.07, 6.45) is 0.543. The first kappa shape index (κ1) is 30.3. The van der Waals surface area contributed by atoms with E-state index >= 15 is 4.79 Å². The number of aliphatic hydroxyl groups is 1. The lowest BCUT2D eigenvalue weighted by atomic mass is 9.50. The minimum absolute atomic E-state index is 0.111. The second-order valence-electron chi connectivity index (χ2n) is 13.7. The Morgan fingerprint density at radius 2 is 1.34 bits per heavy atom. The number of para-hydroxylation sites is 1. The molecule has 5 aromatic carbocycles. The number of nitrogens with zero attached hydrogens (tertiary/aromatic N) is 2. The van der Waals surface area contributed by atoms with E-state index in [1.54, 1.807) is 4.90 Å². The fourth-order valence-electron chi connectivity index (χ4n) is 9.25. The van der Waals surface area contributed by atoms with Crippen molar-refractivity contribution in [2.24, 2.45) is 0 Å². The van der Waals surface area contributed by atoms with E-state index in [9.17, 15) is 15.2 Å². The Kier molecular flexibility index (Phi) is 6.90. The first-order chi connectivity index (χ1) is 24.4. The Morgan fingerprint density at radius 1 is 0.760 bits per heavy atom. The van der Waals surface area contributed by atoms with Crippen molar-refractivity contribution < 1.29 is 19.2 Å². The third kappa shape index (κ3) is 4.23. The summed E-state index contributed by atoms with van der Waals surface area (Å²) in [6.45, 7) is 0.282. The number of hydrogen-bond acceptors (Lipinski definition) is 5. The standard InChI is InChI=1S/C43H34N2O5/c46-41-43(33-23-13-14-24-34(33)44(41)27-28-15-5-1-6-16-28)36(30-19-9-3-10-20-30)40(45(48)49)42(47)26-32(29-17-7-2-8-18-29)25-35-37(42)38(43)39(50-35)31-21-11-4-12-22-31/h1-24,32,36,40,47H,25-27H2/t32?,36-,40-,42+,43-/m1/s1. The van der Waals surface area contributed by atoms with Crippen molar-refractivity contribution in [3.8, 4) is 11.3 Å². The van der Waals surface area contributed by atoms with Gasteiger partial charge in [0, 0.05) is 33.7 Å². The van der Waals surface area contributed by atoms with Crippen LogP contribution in [0, 0.1) is 10.1 Å². The van der Waals surface area contributed by atoms with Gasteiger partial charge in [0.2, 0.25) is 5.91 Å². The first-order valence-corrected chi connectivity index (χ1v) is 17.1. The maximum absolute atomic E-state index is 15.8. The Bertz CT molecular complexity index is 2240. The number of furan rings is 1. The third-order valence-electron chi connectivity index (χ3n) is 11.1. The van der Waals surface area contributed by atoms with Crippen LogP contribution in [-0.4, -0.2) is 22.0 Å². The number of benzene rings is 5. The lowest BCUT2D eigenvalue weighted by Crippen LogP contribution is -2.63. The number of carbonyl (C=O) groups is 1. The average Bonchev–Trinajstić information content (AvgIpc) is 3.66. The summed E-state index contributed by atoms with van der Waals surface area (Å²) < 4.78 is 6.90. The van der Waals surface area contributed by atoms with Gasteiger partial charge in [-0.05, 0) is 40.7 Å². The van der Waals surface area contributed by atoms with Gasteiger partial charge in [-0.15, -0.1) is 0 Å². The molecule has 0 radical (unpaired) electrons. The Labute approximate surface area is 289 Å². The maximum Gasteiger partial charge on any atom is 0.254 e. The van der Waals surface area contributed by atoms with Gasteiger partial charge in [0.1, 0.15) is 16.9 Å². The summed E-state index contributed by atoms with van der Waals surface area (Å²) in [6, 6.07) is 44.6. The molecule has 9 rings (SSSR count). The summed E-state index contributed by atoms with van der Waals surface area (Å²) in [7, 11) is 0. The molecule has 0 fully saturated rings. The zero-order chi connectivity index (χ0) is 34.0.